The van der Waals surface area contributed by atoms with E-state index in [0.29, 0.717) is 37.6 Å². The van der Waals surface area contributed by atoms with Crippen LogP contribution in [0.3, 0.4) is 0 Å². The van der Waals surface area contributed by atoms with E-state index in [-0.39, 0.29) is 24.1 Å². The molecule has 0 saturated carbocycles. The first kappa shape index (κ1) is 17.0. The van der Waals surface area contributed by atoms with Crippen LogP contribution in [-0.4, -0.2) is 60.2 Å². The van der Waals surface area contributed by atoms with E-state index in [1.54, 1.807) is 9.80 Å². The van der Waals surface area contributed by atoms with Gasteiger partial charge in [0, 0.05) is 50.5 Å². The summed E-state index contributed by atoms with van der Waals surface area (Å²) in [6, 6.07) is 1.82. The predicted octanol–water partition coefficient (Wildman–Crippen LogP) is 1.32. The quantitative estimate of drug-likeness (QED) is 0.846. The van der Waals surface area contributed by atoms with Crippen LogP contribution in [0.25, 0.3) is 0 Å². The summed E-state index contributed by atoms with van der Waals surface area (Å²) >= 11 is 4.67. The molecule has 1 saturated heterocycles. The van der Waals surface area contributed by atoms with Crippen molar-refractivity contribution in [3.63, 3.8) is 0 Å². The lowest BCUT2D eigenvalue weighted by atomic mass is 10.2. The first-order chi connectivity index (χ1) is 10.5. The third-order valence-electron chi connectivity index (χ3n) is 3.53. The number of piperazine rings is 1. The summed E-state index contributed by atoms with van der Waals surface area (Å²) in [5.41, 5.74) is 0. The molecule has 0 bridgehead atoms. The molecule has 1 N–H and O–H groups in total. The molecule has 22 heavy (non-hydrogen) atoms. The standard InChI is InChI=1S/C14H18BrN3O3S/c1-10(19)17-5-7-18(8-6-17)12(20)2-4-16-14(21)13-11(15)3-9-22-13/h3,9H,2,4-8H2,1H3,(H,16,21). The summed E-state index contributed by atoms with van der Waals surface area (Å²) < 4.78 is 0.765. The van der Waals surface area contributed by atoms with Gasteiger partial charge in [0.2, 0.25) is 11.8 Å². The van der Waals surface area contributed by atoms with E-state index in [1.165, 1.54) is 18.3 Å². The number of rotatable bonds is 4. The fourth-order valence-corrected chi connectivity index (χ4v) is 3.72. The second kappa shape index (κ2) is 7.73. The van der Waals surface area contributed by atoms with Crippen molar-refractivity contribution in [1.29, 1.82) is 0 Å². The Balaban J connectivity index is 1.71. The second-order valence-corrected chi connectivity index (χ2v) is 6.76. The number of thiophene rings is 1. The molecule has 0 spiro atoms. The zero-order valence-electron chi connectivity index (χ0n) is 12.3. The highest BCUT2D eigenvalue weighted by atomic mass is 79.9. The van der Waals surface area contributed by atoms with Crippen LogP contribution in [0.5, 0.6) is 0 Å². The van der Waals surface area contributed by atoms with E-state index in [9.17, 15) is 14.4 Å². The Morgan fingerprint density at radius 3 is 2.41 bits per heavy atom. The molecule has 3 amide bonds. The molecule has 1 aromatic rings. The van der Waals surface area contributed by atoms with Crippen molar-refractivity contribution in [1.82, 2.24) is 15.1 Å². The Kier molecular flexibility index (Phi) is 5.96. The van der Waals surface area contributed by atoms with Crippen molar-refractivity contribution in [2.45, 2.75) is 13.3 Å². The molecular weight excluding hydrogens is 370 g/mol. The molecule has 0 atom stereocenters. The summed E-state index contributed by atoms with van der Waals surface area (Å²) in [5, 5.41) is 4.58. The average Bonchev–Trinajstić information content (AvgIpc) is 2.93. The lowest BCUT2D eigenvalue weighted by Gasteiger charge is -2.34. The first-order valence-corrected chi connectivity index (χ1v) is 8.71. The number of halogens is 1. The molecule has 2 rings (SSSR count). The molecule has 0 aromatic carbocycles. The maximum absolute atomic E-state index is 12.1. The largest absolute Gasteiger partial charge is 0.351 e. The fraction of sp³-hybridized carbons (Fsp3) is 0.500. The maximum atomic E-state index is 12.1. The third-order valence-corrected chi connectivity index (χ3v) is 5.36. The van der Waals surface area contributed by atoms with E-state index in [2.05, 4.69) is 21.2 Å². The van der Waals surface area contributed by atoms with Gasteiger partial charge in [-0.15, -0.1) is 11.3 Å². The Hall–Kier alpha value is -1.41. The van der Waals surface area contributed by atoms with E-state index in [4.69, 9.17) is 0 Å². The normalized spacial score (nSPS) is 14.8. The minimum Gasteiger partial charge on any atom is -0.351 e. The topological polar surface area (TPSA) is 69.7 Å². The van der Waals surface area contributed by atoms with Crippen LogP contribution in [-0.2, 0) is 9.59 Å². The van der Waals surface area contributed by atoms with Crippen LogP contribution < -0.4 is 5.32 Å². The summed E-state index contributed by atoms with van der Waals surface area (Å²) in [5.74, 6) is -0.120. The number of amides is 3. The molecule has 0 aliphatic carbocycles. The summed E-state index contributed by atoms with van der Waals surface area (Å²) in [6.07, 6.45) is 0.273. The Morgan fingerprint density at radius 2 is 1.86 bits per heavy atom. The Morgan fingerprint density at radius 1 is 1.23 bits per heavy atom. The van der Waals surface area contributed by atoms with Crippen LogP contribution in [0, 0.1) is 0 Å². The smallest absolute Gasteiger partial charge is 0.262 e. The fourth-order valence-electron chi connectivity index (χ4n) is 2.25. The lowest BCUT2D eigenvalue weighted by Crippen LogP contribution is -2.50. The highest BCUT2D eigenvalue weighted by Gasteiger charge is 2.22. The number of hydrogen-bond acceptors (Lipinski definition) is 4. The first-order valence-electron chi connectivity index (χ1n) is 7.03. The number of nitrogens with zero attached hydrogens (tertiary/aromatic N) is 2. The average molecular weight is 388 g/mol. The van der Waals surface area contributed by atoms with Crippen LogP contribution in [0.1, 0.15) is 23.0 Å². The molecule has 0 unspecified atom stereocenters. The SMILES string of the molecule is CC(=O)N1CCN(C(=O)CCNC(=O)c2sccc2Br)CC1. The lowest BCUT2D eigenvalue weighted by molar-refractivity contribution is -0.138. The van der Waals surface area contributed by atoms with E-state index >= 15 is 0 Å². The summed E-state index contributed by atoms with van der Waals surface area (Å²) in [7, 11) is 0. The summed E-state index contributed by atoms with van der Waals surface area (Å²) in [6.45, 7) is 4.13. The molecule has 1 fully saturated rings. The molecule has 1 aliphatic heterocycles. The molecule has 1 aliphatic rings. The van der Waals surface area contributed by atoms with Crippen molar-refractivity contribution >= 4 is 45.0 Å². The molecule has 1 aromatic heterocycles. The summed E-state index contributed by atoms with van der Waals surface area (Å²) in [4.78, 5) is 39.3. The number of nitrogens with one attached hydrogen (secondary N) is 1. The number of carbonyl (C=O) groups is 3. The molecule has 6 nitrogen and oxygen atoms in total. The molecule has 120 valence electrons. The van der Waals surface area contributed by atoms with Crippen molar-refractivity contribution in [3.8, 4) is 0 Å². The van der Waals surface area contributed by atoms with E-state index < -0.39 is 0 Å². The van der Waals surface area contributed by atoms with Crippen molar-refractivity contribution in [3.05, 3.63) is 20.8 Å². The minimum atomic E-state index is -0.170. The van der Waals surface area contributed by atoms with Crippen molar-refractivity contribution in [2.24, 2.45) is 0 Å². The van der Waals surface area contributed by atoms with Crippen LogP contribution in [0.4, 0.5) is 0 Å². The van der Waals surface area contributed by atoms with Crippen molar-refractivity contribution < 1.29 is 14.4 Å². The molecule has 0 radical (unpaired) electrons. The van der Waals surface area contributed by atoms with Crippen molar-refractivity contribution in [2.75, 3.05) is 32.7 Å². The van der Waals surface area contributed by atoms with Gasteiger partial charge in [-0.25, -0.2) is 0 Å². The van der Waals surface area contributed by atoms with Gasteiger partial charge in [0.25, 0.3) is 5.91 Å². The van der Waals surface area contributed by atoms with Gasteiger partial charge in [0.05, 0.1) is 0 Å². The predicted molar refractivity (Wildman–Crippen MR) is 87.8 cm³/mol. The van der Waals surface area contributed by atoms with Gasteiger partial charge in [-0.05, 0) is 27.4 Å². The molecule has 8 heteroatoms. The van der Waals surface area contributed by atoms with Gasteiger partial charge < -0.3 is 15.1 Å². The van der Waals surface area contributed by atoms with Crippen LogP contribution in [0.2, 0.25) is 0 Å². The zero-order valence-corrected chi connectivity index (χ0v) is 14.7. The number of carbonyl (C=O) groups excluding carboxylic acids is 3. The van der Waals surface area contributed by atoms with Crippen LogP contribution >= 0.6 is 27.3 Å². The second-order valence-electron chi connectivity index (χ2n) is 4.99. The number of hydrogen-bond donors (Lipinski definition) is 1. The van der Waals surface area contributed by atoms with E-state index in [0.717, 1.165) is 4.47 Å². The Bertz CT molecular complexity index is 567. The van der Waals surface area contributed by atoms with Gasteiger partial charge in [-0.2, -0.15) is 0 Å². The van der Waals surface area contributed by atoms with Crippen LogP contribution in [0.15, 0.2) is 15.9 Å². The zero-order chi connectivity index (χ0) is 16.1. The highest BCUT2D eigenvalue weighted by Crippen LogP contribution is 2.22. The maximum Gasteiger partial charge on any atom is 0.262 e. The monoisotopic (exact) mass is 387 g/mol. The minimum absolute atomic E-state index is 0.00810. The van der Waals surface area contributed by atoms with Gasteiger partial charge in [0.1, 0.15) is 4.88 Å². The van der Waals surface area contributed by atoms with Gasteiger partial charge in [0.15, 0.2) is 0 Å². The van der Waals surface area contributed by atoms with Gasteiger partial charge in [-0.3, -0.25) is 14.4 Å². The molecular formula is C14H18BrN3O3S. The van der Waals surface area contributed by atoms with Gasteiger partial charge >= 0.3 is 0 Å². The van der Waals surface area contributed by atoms with E-state index in [1.807, 2.05) is 11.4 Å². The third kappa shape index (κ3) is 4.30. The Labute approximate surface area is 141 Å². The highest BCUT2D eigenvalue weighted by molar-refractivity contribution is 9.10. The molecule has 2 heterocycles. The van der Waals surface area contributed by atoms with Gasteiger partial charge in [-0.1, -0.05) is 0 Å².